The van der Waals surface area contributed by atoms with Crippen LogP contribution in [0.4, 0.5) is 0 Å². The molecule has 0 fully saturated rings. The normalized spacial score (nSPS) is 10.1. The van der Waals surface area contributed by atoms with Gasteiger partial charge in [-0.05, 0) is 11.5 Å². The molecule has 1 aromatic heterocycles. The second-order valence-electron chi connectivity index (χ2n) is 3.36. The van der Waals surface area contributed by atoms with Crippen molar-refractivity contribution in [3.63, 3.8) is 0 Å². The predicted molar refractivity (Wildman–Crippen MR) is 67.2 cm³/mol. The van der Waals surface area contributed by atoms with E-state index in [1.54, 1.807) is 0 Å². The molecule has 1 heterocycles. The van der Waals surface area contributed by atoms with Crippen LogP contribution in [0.5, 0.6) is 0 Å². The van der Waals surface area contributed by atoms with Crippen molar-refractivity contribution < 1.29 is 2.85 Å². The maximum atomic E-state index is 4.41. The molecule has 1 nitrogen and oxygen atoms in total. The molecule has 0 aliphatic carbocycles. The monoisotopic (exact) mass is 221 g/mol. The molecule has 70 valence electrons. The summed E-state index contributed by atoms with van der Waals surface area (Å²) in [6.45, 7) is 0. The van der Waals surface area contributed by atoms with Gasteiger partial charge in [-0.2, -0.15) is 0 Å². The van der Waals surface area contributed by atoms with Crippen LogP contribution in [0.15, 0.2) is 54.7 Å². The quantitative estimate of drug-likeness (QED) is 0.419. The zero-order valence-corrected chi connectivity index (χ0v) is 10.6. The van der Waals surface area contributed by atoms with Crippen LogP contribution < -0.4 is 0 Å². The van der Waals surface area contributed by atoms with Gasteiger partial charge in [0.15, 0.2) is 0 Å². The third-order valence-corrected chi connectivity index (χ3v) is 2.50. The molecule has 0 aliphatic rings. The fraction of sp³-hybridized carbons (Fsp3) is 0. The molecule has 0 unspecified atom stereocenters. The Hall–Kier alpha value is -0.630. The molecule has 0 atom stereocenters. The summed E-state index contributed by atoms with van der Waals surface area (Å²) >= 11 is 0. The first-order valence-corrected chi connectivity index (χ1v) is 4.68. The van der Waals surface area contributed by atoms with E-state index < -0.39 is 0 Å². The molecule has 3 rings (SSSR count). The summed E-state index contributed by atoms with van der Waals surface area (Å²) in [7, 11) is 0. The Morgan fingerprint density at radius 3 is 2.33 bits per heavy atom. The smallest absolute Gasteiger partial charge is 1.00 e. The van der Waals surface area contributed by atoms with Crippen molar-refractivity contribution in [3.05, 3.63) is 54.7 Å². The first-order valence-electron chi connectivity index (χ1n) is 4.68. The van der Waals surface area contributed by atoms with E-state index in [1.165, 1.54) is 16.2 Å². The number of aromatic nitrogens is 1. The van der Waals surface area contributed by atoms with Crippen LogP contribution in [0.1, 0.15) is 2.85 Å². The number of rotatable bonds is 0. The molecule has 3 aromatic rings. The van der Waals surface area contributed by atoms with E-state index in [9.17, 15) is 0 Å². The zero-order valence-electron chi connectivity index (χ0n) is 10.4. The van der Waals surface area contributed by atoms with E-state index >= 15 is 0 Å². The number of fused-ring (bicyclic) bond motifs is 3. The Morgan fingerprint density at radius 1 is 0.800 bits per heavy atom. The number of hydrogen-bond acceptors (Lipinski definition) is 1. The van der Waals surface area contributed by atoms with Gasteiger partial charge in [-0.3, -0.25) is 4.98 Å². The summed E-state index contributed by atoms with van der Waals surface area (Å²) in [5.74, 6) is 0. The molecule has 0 saturated carbocycles. The molecule has 0 amide bonds. The number of para-hydroxylation sites is 1. The SMILES string of the molecule is [Ca+2].[H-].[H-].c1ccc2c(c1)cnc1ccccc12. The van der Waals surface area contributed by atoms with Crippen LogP contribution in [-0.2, 0) is 0 Å². The van der Waals surface area contributed by atoms with Crippen LogP contribution >= 0.6 is 0 Å². The van der Waals surface area contributed by atoms with Gasteiger partial charge in [0.25, 0.3) is 0 Å². The first kappa shape index (κ1) is 10.9. The van der Waals surface area contributed by atoms with Crippen LogP contribution in [-0.4, -0.2) is 42.7 Å². The summed E-state index contributed by atoms with van der Waals surface area (Å²) in [5, 5.41) is 3.70. The van der Waals surface area contributed by atoms with Crippen molar-refractivity contribution in [1.82, 2.24) is 4.98 Å². The van der Waals surface area contributed by atoms with E-state index in [4.69, 9.17) is 0 Å². The number of benzene rings is 2. The van der Waals surface area contributed by atoms with Gasteiger partial charge in [-0.1, -0.05) is 42.5 Å². The third kappa shape index (κ3) is 1.87. The van der Waals surface area contributed by atoms with Gasteiger partial charge < -0.3 is 2.85 Å². The molecule has 2 aromatic carbocycles. The van der Waals surface area contributed by atoms with Crippen molar-refractivity contribution in [2.45, 2.75) is 0 Å². The molecule has 0 bridgehead atoms. The Balaban J connectivity index is 0.000000853. The standard InChI is InChI=1S/C13H9N.Ca.2H/c1-2-6-11-10(5-1)9-14-13-8-4-3-7-12(11)13;;;/h1-9H;;;/q;+2;2*-1. The van der Waals surface area contributed by atoms with E-state index in [0.717, 1.165) is 5.52 Å². The van der Waals surface area contributed by atoms with Crippen LogP contribution in [0, 0.1) is 0 Å². The van der Waals surface area contributed by atoms with E-state index in [1.807, 2.05) is 24.4 Å². The summed E-state index contributed by atoms with van der Waals surface area (Å²) < 4.78 is 0. The van der Waals surface area contributed by atoms with Gasteiger partial charge in [-0.15, -0.1) is 0 Å². The second kappa shape index (κ2) is 4.48. The minimum atomic E-state index is 0. The van der Waals surface area contributed by atoms with Gasteiger partial charge in [0.1, 0.15) is 0 Å². The molecule has 0 N–H and O–H groups in total. The van der Waals surface area contributed by atoms with Crippen molar-refractivity contribution in [2.24, 2.45) is 0 Å². The fourth-order valence-electron chi connectivity index (χ4n) is 1.81. The van der Waals surface area contributed by atoms with Gasteiger partial charge in [0.05, 0.1) is 5.52 Å². The second-order valence-corrected chi connectivity index (χ2v) is 3.36. The van der Waals surface area contributed by atoms with Crippen LogP contribution in [0.25, 0.3) is 21.7 Å². The predicted octanol–water partition coefficient (Wildman–Crippen LogP) is 3.23. The van der Waals surface area contributed by atoms with Gasteiger partial charge in [0, 0.05) is 17.0 Å². The largest absolute Gasteiger partial charge is 2.00 e. The topological polar surface area (TPSA) is 12.9 Å². The molecule has 2 heteroatoms. The number of pyridine rings is 1. The van der Waals surface area contributed by atoms with E-state index in [-0.39, 0.29) is 40.6 Å². The molecular formula is C13H11CaN. The third-order valence-electron chi connectivity index (χ3n) is 2.50. The summed E-state index contributed by atoms with van der Waals surface area (Å²) in [6.07, 6.45) is 1.93. The van der Waals surface area contributed by atoms with E-state index in [0.29, 0.717) is 0 Å². The van der Waals surface area contributed by atoms with E-state index in [2.05, 4.69) is 35.3 Å². The maximum Gasteiger partial charge on any atom is 2.00 e. The molecule has 0 spiro atoms. The molecule has 15 heavy (non-hydrogen) atoms. The minimum Gasteiger partial charge on any atom is -1.00 e. The summed E-state index contributed by atoms with van der Waals surface area (Å²) in [4.78, 5) is 4.41. The summed E-state index contributed by atoms with van der Waals surface area (Å²) in [5.41, 5.74) is 1.06. The summed E-state index contributed by atoms with van der Waals surface area (Å²) in [6, 6.07) is 16.6. The Kier molecular flexibility index (Phi) is 3.25. The van der Waals surface area contributed by atoms with Crippen molar-refractivity contribution in [1.29, 1.82) is 0 Å². The van der Waals surface area contributed by atoms with Crippen LogP contribution in [0.2, 0.25) is 0 Å². The average molecular weight is 221 g/mol. The van der Waals surface area contributed by atoms with Crippen molar-refractivity contribution in [3.8, 4) is 0 Å². The van der Waals surface area contributed by atoms with Gasteiger partial charge >= 0.3 is 37.7 Å². The minimum absolute atomic E-state index is 0. The maximum absolute atomic E-state index is 4.41. The Morgan fingerprint density at radius 2 is 1.47 bits per heavy atom. The number of hydrogen-bond donors (Lipinski definition) is 0. The Bertz CT molecular complexity index is 558. The van der Waals surface area contributed by atoms with Crippen LogP contribution in [0.3, 0.4) is 0 Å². The number of nitrogens with zero attached hydrogens (tertiary/aromatic N) is 1. The first-order chi connectivity index (χ1) is 6.95. The van der Waals surface area contributed by atoms with Gasteiger partial charge in [-0.25, -0.2) is 0 Å². The molecule has 0 radical (unpaired) electrons. The Labute approximate surface area is 121 Å². The van der Waals surface area contributed by atoms with Crippen molar-refractivity contribution in [2.75, 3.05) is 0 Å². The van der Waals surface area contributed by atoms with Gasteiger partial charge in [0.2, 0.25) is 0 Å². The molecule has 0 aliphatic heterocycles. The molecular weight excluding hydrogens is 210 g/mol. The van der Waals surface area contributed by atoms with Crippen molar-refractivity contribution >= 4 is 59.4 Å². The average Bonchev–Trinajstić information content (AvgIpc) is 2.29. The molecule has 0 saturated heterocycles. The fourth-order valence-corrected chi connectivity index (χ4v) is 1.81. The zero-order chi connectivity index (χ0) is 9.38.